The number of halogens is 1. The largest absolute Gasteiger partial charge is 0.484 e. The van der Waals surface area contributed by atoms with E-state index in [2.05, 4.69) is 36.2 Å². The first-order valence-electron chi connectivity index (χ1n) is 8.53. The summed E-state index contributed by atoms with van der Waals surface area (Å²) in [6, 6.07) is 14.3. The Labute approximate surface area is 163 Å². The highest BCUT2D eigenvalue weighted by atomic mass is 35.5. The third kappa shape index (κ3) is 4.86. The molecule has 0 atom stereocenters. The van der Waals surface area contributed by atoms with Gasteiger partial charge in [0.25, 0.3) is 5.91 Å². The molecule has 0 saturated heterocycles. The van der Waals surface area contributed by atoms with Gasteiger partial charge in [-0.2, -0.15) is 9.78 Å². The summed E-state index contributed by atoms with van der Waals surface area (Å²) in [5, 5.41) is 8.02. The lowest BCUT2D eigenvalue weighted by Crippen LogP contribution is -2.22. The zero-order chi connectivity index (χ0) is 19.4. The fourth-order valence-corrected chi connectivity index (χ4v) is 2.56. The fourth-order valence-electron chi connectivity index (χ4n) is 2.37. The van der Waals surface area contributed by atoms with Gasteiger partial charge in [-0.3, -0.25) is 4.79 Å². The Morgan fingerprint density at radius 2 is 2.00 bits per heavy atom. The van der Waals surface area contributed by atoms with Crippen LogP contribution in [-0.4, -0.2) is 27.3 Å². The molecule has 1 N–H and O–H groups in total. The molecule has 6 nitrogen and oxygen atoms in total. The van der Waals surface area contributed by atoms with Crippen molar-refractivity contribution in [2.75, 3.05) is 11.9 Å². The molecule has 0 aliphatic heterocycles. The van der Waals surface area contributed by atoms with E-state index in [0.29, 0.717) is 22.4 Å². The molecule has 0 spiro atoms. The lowest BCUT2D eigenvalue weighted by Gasteiger charge is -2.13. The molecule has 3 rings (SSSR count). The molecule has 3 aromatic rings. The number of ether oxygens (including phenoxy) is 1. The molecule has 0 saturated carbocycles. The number of hydrogen-bond donors (Lipinski definition) is 1. The predicted octanol–water partition coefficient (Wildman–Crippen LogP) is 4.24. The average Bonchev–Trinajstić information content (AvgIpc) is 3.05. The zero-order valence-electron chi connectivity index (χ0n) is 15.4. The highest BCUT2D eigenvalue weighted by molar-refractivity contribution is 6.30. The number of carbonyl (C=O) groups is 1. The molecule has 0 unspecified atom stereocenters. The van der Waals surface area contributed by atoms with E-state index in [1.54, 1.807) is 35.1 Å². The summed E-state index contributed by atoms with van der Waals surface area (Å²) >= 11 is 5.92. The van der Waals surface area contributed by atoms with Crippen molar-refractivity contribution in [3.05, 3.63) is 65.4 Å². The molecule has 0 aliphatic rings. The van der Waals surface area contributed by atoms with Gasteiger partial charge in [-0.25, -0.2) is 4.98 Å². The quantitative estimate of drug-likeness (QED) is 0.714. The minimum atomic E-state index is -0.299. The van der Waals surface area contributed by atoms with Crippen LogP contribution in [0.2, 0.25) is 5.02 Å². The molecular formula is C20H21ClN4O2. The van der Waals surface area contributed by atoms with Crippen LogP contribution >= 0.6 is 11.6 Å². The van der Waals surface area contributed by atoms with Crippen molar-refractivity contribution in [3.63, 3.8) is 0 Å². The smallest absolute Gasteiger partial charge is 0.263 e. The predicted molar refractivity (Wildman–Crippen MR) is 106 cm³/mol. The topological polar surface area (TPSA) is 69.0 Å². The first-order chi connectivity index (χ1) is 12.8. The molecular weight excluding hydrogens is 364 g/mol. The maximum Gasteiger partial charge on any atom is 0.263 e. The third-order valence-electron chi connectivity index (χ3n) is 3.78. The second-order valence-electron chi connectivity index (χ2n) is 7.06. The Morgan fingerprint density at radius 1 is 1.19 bits per heavy atom. The minimum absolute atomic E-state index is 0.140. The number of benzene rings is 1. The molecule has 0 radical (unpaired) electrons. The van der Waals surface area contributed by atoms with Crippen LogP contribution in [0.25, 0.3) is 5.82 Å². The van der Waals surface area contributed by atoms with Gasteiger partial charge in [-0.1, -0.05) is 44.5 Å². The molecule has 1 amide bonds. The number of amides is 1. The molecule has 1 aromatic carbocycles. The van der Waals surface area contributed by atoms with Gasteiger partial charge in [0.2, 0.25) is 0 Å². The molecule has 0 fully saturated rings. The van der Waals surface area contributed by atoms with E-state index in [4.69, 9.17) is 16.3 Å². The number of nitrogens with one attached hydrogen (secondary N) is 1. The summed E-state index contributed by atoms with van der Waals surface area (Å²) in [5.74, 6) is 1.40. The Bertz CT molecular complexity index is 933. The van der Waals surface area contributed by atoms with E-state index in [-0.39, 0.29) is 17.9 Å². The second-order valence-corrected chi connectivity index (χ2v) is 7.50. The van der Waals surface area contributed by atoms with Crippen molar-refractivity contribution >= 4 is 23.3 Å². The van der Waals surface area contributed by atoms with E-state index < -0.39 is 0 Å². The number of aromatic nitrogens is 3. The van der Waals surface area contributed by atoms with Gasteiger partial charge in [0.1, 0.15) is 11.6 Å². The zero-order valence-corrected chi connectivity index (χ0v) is 16.2. The highest BCUT2D eigenvalue weighted by Crippen LogP contribution is 2.25. The average molecular weight is 385 g/mol. The van der Waals surface area contributed by atoms with Crippen LogP contribution in [0.3, 0.4) is 0 Å². The Hall–Kier alpha value is -2.86. The van der Waals surface area contributed by atoms with Gasteiger partial charge < -0.3 is 10.1 Å². The van der Waals surface area contributed by atoms with E-state index in [1.807, 2.05) is 24.3 Å². The Kier molecular flexibility index (Phi) is 5.46. The van der Waals surface area contributed by atoms with Crippen molar-refractivity contribution in [3.8, 4) is 11.6 Å². The monoisotopic (exact) mass is 384 g/mol. The van der Waals surface area contributed by atoms with Crippen molar-refractivity contribution < 1.29 is 9.53 Å². The molecule has 140 valence electrons. The summed E-state index contributed by atoms with van der Waals surface area (Å²) in [6.45, 7) is 6.04. The van der Waals surface area contributed by atoms with Gasteiger partial charge in [0, 0.05) is 22.7 Å². The van der Waals surface area contributed by atoms with E-state index in [1.165, 1.54) is 0 Å². The van der Waals surface area contributed by atoms with Gasteiger partial charge in [-0.05, 0) is 30.3 Å². The van der Waals surface area contributed by atoms with Crippen LogP contribution in [0.15, 0.2) is 54.7 Å². The molecule has 0 aliphatic carbocycles. The van der Waals surface area contributed by atoms with Crippen LogP contribution in [0.1, 0.15) is 26.5 Å². The number of hydrogen-bond acceptors (Lipinski definition) is 4. The second kappa shape index (κ2) is 7.80. The van der Waals surface area contributed by atoms with Crippen LogP contribution in [0.4, 0.5) is 5.82 Å². The van der Waals surface area contributed by atoms with E-state index in [9.17, 15) is 4.79 Å². The van der Waals surface area contributed by atoms with Gasteiger partial charge in [0.15, 0.2) is 12.4 Å². The number of carbonyl (C=O) groups excluding carboxylic acids is 1. The van der Waals surface area contributed by atoms with Crippen molar-refractivity contribution in [2.45, 2.75) is 26.2 Å². The number of anilines is 1. The standard InChI is InChI=1S/C20H21ClN4O2/c1-20(2,3)16-12-18(25(24-16)17-9-4-5-10-22-17)23-19(26)13-27-15-8-6-7-14(21)11-15/h4-12H,13H2,1-3H3,(H,23,26). The maximum atomic E-state index is 12.4. The normalized spacial score (nSPS) is 11.3. The Balaban J connectivity index is 1.78. The van der Waals surface area contributed by atoms with Crippen LogP contribution in [0, 0.1) is 0 Å². The van der Waals surface area contributed by atoms with Gasteiger partial charge in [-0.15, -0.1) is 0 Å². The molecule has 0 bridgehead atoms. The fraction of sp³-hybridized carbons (Fsp3) is 0.250. The van der Waals surface area contributed by atoms with Gasteiger partial charge in [0.05, 0.1) is 5.69 Å². The Morgan fingerprint density at radius 3 is 2.67 bits per heavy atom. The molecule has 27 heavy (non-hydrogen) atoms. The molecule has 2 heterocycles. The lowest BCUT2D eigenvalue weighted by atomic mass is 9.92. The number of pyridine rings is 1. The van der Waals surface area contributed by atoms with Gasteiger partial charge >= 0.3 is 0 Å². The third-order valence-corrected chi connectivity index (χ3v) is 4.01. The lowest BCUT2D eigenvalue weighted by molar-refractivity contribution is -0.118. The summed E-state index contributed by atoms with van der Waals surface area (Å²) < 4.78 is 7.12. The van der Waals surface area contributed by atoms with Crippen LogP contribution in [-0.2, 0) is 10.2 Å². The van der Waals surface area contributed by atoms with Crippen LogP contribution in [0.5, 0.6) is 5.75 Å². The molecule has 7 heteroatoms. The highest BCUT2D eigenvalue weighted by Gasteiger charge is 2.22. The summed E-state index contributed by atoms with van der Waals surface area (Å²) in [5.41, 5.74) is 0.677. The summed E-state index contributed by atoms with van der Waals surface area (Å²) in [7, 11) is 0. The van der Waals surface area contributed by atoms with Crippen LogP contribution < -0.4 is 10.1 Å². The molecule has 2 aromatic heterocycles. The SMILES string of the molecule is CC(C)(C)c1cc(NC(=O)COc2cccc(Cl)c2)n(-c2ccccn2)n1. The first kappa shape index (κ1) is 18.9. The number of rotatable bonds is 5. The van der Waals surface area contributed by atoms with E-state index in [0.717, 1.165) is 5.69 Å². The summed E-state index contributed by atoms with van der Waals surface area (Å²) in [4.78, 5) is 16.7. The first-order valence-corrected chi connectivity index (χ1v) is 8.91. The summed E-state index contributed by atoms with van der Waals surface area (Å²) in [6.07, 6.45) is 1.68. The maximum absolute atomic E-state index is 12.4. The van der Waals surface area contributed by atoms with Crippen molar-refractivity contribution in [1.29, 1.82) is 0 Å². The number of nitrogens with zero attached hydrogens (tertiary/aromatic N) is 3. The minimum Gasteiger partial charge on any atom is -0.484 e. The van der Waals surface area contributed by atoms with Crippen molar-refractivity contribution in [2.24, 2.45) is 0 Å². The van der Waals surface area contributed by atoms with E-state index >= 15 is 0 Å². The van der Waals surface area contributed by atoms with Crippen molar-refractivity contribution in [1.82, 2.24) is 14.8 Å².